The topological polar surface area (TPSA) is 69.8 Å². The lowest BCUT2D eigenvalue weighted by Crippen LogP contribution is -2.44. The van der Waals surface area contributed by atoms with Gasteiger partial charge in [0.05, 0.1) is 19.4 Å². The van der Waals surface area contributed by atoms with Crippen LogP contribution in [0.5, 0.6) is 0 Å². The van der Waals surface area contributed by atoms with Crippen molar-refractivity contribution in [1.82, 2.24) is 10.6 Å². The van der Waals surface area contributed by atoms with Crippen LogP contribution in [0.3, 0.4) is 0 Å². The number of hydrogen-bond donors (Lipinski definition) is 3. The summed E-state index contributed by atoms with van der Waals surface area (Å²) in [5, 5.41) is 16.6. The van der Waals surface area contributed by atoms with Crippen molar-refractivity contribution in [2.75, 3.05) is 13.1 Å². The Morgan fingerprint density at radius 2 is 2.17 bits per heavy atom. The Morgan fingerprint density at radius 3 is 2.79 bits per heavy atom. The molecular weight excluding hydrogens is 377 g/mol. The summed E-state index contributed by atoms with van der Waals surface area (Å²) in [6.07, 6.45) is 1.52. The molecule has 0 aliphatic carbocycles. The van der Waals surface area contributed by atoms with Crippen LogP contribution in [0.1, 0.15) is 25.2 Å². The van der Waals surface area contributed by atoms with Gasteiger partial charge in [-0.25, -0.2) is 9.38 Å². The van der Waals surface area contributed by atoms with Crippen molar-refractivity contribution in [3.8, 4) is 0 Å². The summed E-state index contributed by atoms with van der Waals surface area (Å²) in [5.41, 5.74) is -0.418. The van der Waals surface area contributed by atoms with Crippen molar-refractivity contribution in [3.05, 3.63) is 58.2 Å². The Hall–Kier alpha value is -1.86. The Balaban J connectivity index is 2.03. The highest BCUT2D eigenvalue weighted by molar-refractivity contribution is 9.10. The molecule has 0 amide bonds. The summed E-state index contributed by atoms with van der Waals surface area (Å²) >= 11 is 3.27. The summed E-state index contributed by atoms with van der Waals surface area (Å²) < 4.78 is 19.3. The zero-order valence-corrected chi connectivity index (χ0v) is 15.2. The lowest BCUT2D eigenvalue weighted by atomic mass is 10.0. The first-order chi connectivity index (χ1) is 11.4. The average molecular weight is 398 g/mol. The highest BCUT2D eigenvalue weighted by Crippen LogP contribution is 2.19. The number of nitrogens with zero attached hydrogens (tertiary/aromatic N) is 1. The summed E-state index contributed by atoms with van der Waals surface area (Å²) in [7, 11) is 0. The van der Waals surface area contributed by atoms with Crippen LogP contribution in [0, 0.1) is 5.82 Å². The molecule has 1 aromatic carbocycles. The van der Waals surface area contributed by atoms with E-state index < -0.39 is 5.60 Å². The maximum Gasteiger partial charge on any atom is 0.191 e. The van der Waals surface area contributed by atoms with Gasteiger partial charge in [0.25, 0.3) is 0 Å². The number of aliphatic imine (C=N–C) groups is 1. The van der Waals surface area contributed by atoms with Gasteiger partial charge in [-0.3, -0.25) is 0 Å². The molecule has 24 heavy (non-hydrogen) atoms. The van der Waals surface area contributed by atoms with E-state index in [2.05, 4.69) is 31.6 Å². The molecule has 7 heteroatoms. The molecule has 3 N–H and O–H groups in total. The molecule has 2 aromatic rings. The number of nitrogens with one attached hydrogen (secondary N) is 2. The maximum absolute atomic E-state index is 13.4. The number of benzene rings is 1. The van der Waals surface area contributed by atoms with Crippen LogP contribution in [0.4, 0.5) is 4.39 Å². The van der Waals surface area contributed by atoms with E-state index in [9.17, 15) is 9.50 Å². The van der Waals surface area contributed by atoms with E-state index in [0.29, 0.717) is 29.3 Å². The second-order valence-corrected chi connectivity index (χ2v) is 6.49. The smallest absolute Gasteiger partial charge is 0.191 e. The number of hydrogen-bond acceptors (Lipinski definition) is 3. The van der Waals surface area contributed by atoms with Gasteiger partial charge in [-0.15, -0.1) is 0 Å². The van der Waals surface area contributed by atoms with Gasteiger partial charge in [-0.2, -0.15) is 0 Å². The molecule has 1 aromatic heterocycles. The molecule has 0 aliphatic rings. The predicted molar refractivity (Wildman–Crippen MR) is 95.2 cm³/mol. The molecule has 5 nitrogen and oxygen atoms in total. The monoisotopic (exact) mass is 397 g/mol. The second kappa shape index (κ2) is 8.30. The largest absolute Gasteiger partial charge is 0.466 e. The number of halogens is 2. The van der Waals surface area contributed by atoms with Gasteiger partial charge in [-0.05, 0) is 49.7 Å². The second-order valence-electron chi connectivity index (χ2n) is 5.58. The van der Waals surface area contributed by atoms with E-state index in [-0.39, 0.29) is 12.4 Å². The van der Waals surface area contributed by atoms with Gasteiger partial charge in [0.15, 0.2) is 5.96 Å². The Labute approximate surface area is 149 Å². The Kier molecular flexibility index (Phi) is 6.39. The van der Waals surface area contributed by atoms with E-state index >= 15 is 0 Å². The molecule has 1 heterocycles. The fourth-order valence-corrected chi connectivity index (χ4v) is 2.66. The van der Waals surface area contributed by atoms with Crippen molar-refractivity contribution < 1.29 is 13.9 Å². The molecule has 130 valence electrons. The minimum Gasteiger partial charge on any atom is -0.466 e. The lowest BCUT2D eigenvalue weighted by molar-refractivity contribution is 0.0386. The van der Waals surface area contributed by atoms with E-state index in [0.717, 1.165) is 5.56 Å². The molecule has 2 rings (SSSR count). The van der Waals surface area contributed by atoms with E-state index in [4.69, 9.17) is 4.42 Å². The third-order valence-electron chi connectivity index (χ3n) is 3.34. The molecule has 0 bridgehead atoms. The zero-order chi connectivity index (χ0) is 17.6. The maximum atomic E-state index is 13.4. The van der Waals surface area contributed by atoms with Crippen molar-refractivity contribution in [3.63, 3.8) is 0 Å². The Morgan fingerprint density at radius 1 is 1.38 bits per heavy atom. The molecule has 1 atom stereocenters. The molecule has 0 saturated carbocycles. The van der Waals surface area contributed by atoms with E-state index in [1.807, 2.05) is 13.0 Å². The standard InChI is InChI=1S/C17H21BrFN3O2/c1-3-20-16(21-10-12-7-13(18)9-14(19)8-12)22-11-17(2,23)15-5-4-6-24-15/h4-9,23H,3,10-11H2,1-2H3,(H2,20,21,22). The zero-order valence-electron chi connectivity index (χ0n) is 13.6. The predicted octanol–water partition coefficient (Wildman–Crippen LogP) is 3.14. The van der Waals surface area contributed by atoms with Gasteiger partial charge in [0, 0.05) is 11.0 Å². The average Bonchev–Trinajstić information content (AvgIpc) is 3.04. The summed E-state index contributed by atoms with van der Waals surface area (Å²) in [5.74, 6) is 0.693. The van der Waals surface area contributed by atoms with Crippen molar-refractivity contribution >= 4 is 21.9 Å². The molecule has 0 saturated heterocycles. The van der Waals surface area contributed by atoms with E-state index in [1.165, 1.54) is 18.4 Å². The lowest BCUT2D eigenvalue weighted by Gasteiger charge is -2.22. The van der Waals surface area contributed by atoms with Gasteiger partial charge in [0.1, 0.15) is 17.2 Å². The number of furan rings is 1. The highest BCUT2D eigenvalue weighted by Gasteiger charge is 2.26. The van der Waals surface area contributed by atoms with Gasteiger partial charge in [-0.1, -0.05) is 15.9 Å². The molecule has 0 radical (unpaired) electrons. The van der Waals surface area contributed by atoms with Crippen LogP contribution in [0.25, 0.3) is 0 Å². The highest BCUT2D eigenvalue weighted by atomic mass is 79.9. The molecule has 1 unspecified atom stereocenters. The SMILES string of the molecule is CCNC(=NCc1cc(F)cc(Br)c1)NCC(C)(O)c1ccco1. The summed E-state index contributed by atoms with van der Waals surface area (Å²) in [4.78, 5) is 4.42. The third-order valence-corrected chi connectivity index (χ3v) is 3.80. The molecule has 0 fully saturated rings. The minimum absolute atomic E-state index is 0.221. The quantitative estimate of drug-likeness (QED) is 0.517. The minimum atomic E-state index is -1.17. The normalized spacial score (nSPS) is 14.3. The molecule has 0 spiro atoms. The van der Waals surface area contributed by atoms with Crippen LogP contribution >= 0.6 is 15.9 Å². The van der Waals surface area contributed by atoms with Gasteiger partial charge < -0.3 is 20.2 Å². The Bertz CT molecular complexity index is 667. The van der Waals surface area contributed by atoms with Crippen LogP contribution < -0.4 is 10.6 Å². The van der Waals surface area contributed by atoms with Crippen LogP contribution in [0.15, 0.2) is 50.5 Å². The third kappa shape index (κ3) is 5.35. The van der Waals surface area contributed by atoms with Crippen molar-refractivity contribution in [2.45, 2.75) is 26.0 Å². The first kappa shape index (κ1) is 18.5. The van der Waals surface area contributed by atoms with E-state index in [1.54, 1.807) is 19.1 Å². The molecule has 0 aliphatic heterocycles. The van der Waals surface area contributed by atoms with Crippen molar-refractivity contribution in [2.24, 2.45) is 4.99 Å². The summed E-state index contributed by atoms with van der Waals surface area (Å²) in [6.45, 7) is 4.81. The fraction of sp³-hybridized carbons (Fsp3) is 0.353. The number of rotatable bonds is 6. The van der Waals surface area contributed by atoms with Crippen LogP contribution in [0.2, 0.25) is 0 Å². The molecular formula is C17H21BrFN3O2. The number of guanidine groups is 1. The summed E-state index contributed by atoms with van der Waals surface area (Å²) in [6, 6.07) is 8.10. The first-order valence-electron chi connectivity index (χ1n) is 7.64. The van der Waals surface area contributed by atoms with Gasteiger partial charge >= 0.3 is 0 Å². The van der Waals surface area contributed by atoms with Gasteiger partial charge in [0.2, 0.25) is 0 Å². The van der Waals surface area contributed by atoms with Crippen molar-refractivity contribution in [1.29, 1.82) is 0 Å². The fourth-order valence-electron chi connectivity index (χ4n) is 2.14. The van der Waals surface area contributed by atoms with Crippen LogP contribution in [-0.4, -0.2) is 24.2 Å². The number of aliphatic hydroxyl groups is 1. The van der Waals surface area contributed by atoms with Crippen LogP contribution in [-0.2, 0) is 12.1 Å². The first-order valence-corrected chi connectivity index (χ1v) is 8.43.